The molecule has 3 unspecified atom stereocenters. The summed E-state index contributed by atoms with van der Waals surface area (Å²) in [5.41, 5.74) is 2.04. The number of anilines is 2. The molecule has 0 bridgehead atoms. The molecule has 3 atom stereocenters. The zero-order valence-corrected chi connectivity index (χ0v) is 17.4. The van der Waals surface area contributed by atoms with Gasteiger partial charge in [-0.2, -0.15) is 0 Å². The summed E-state index contributed by atoms with van der Waals surface area (Å²) in [6, 6.07) is 17.7. The number of aryl methyl sites for hydroxylation is 1. The number of hydrogen-bond acceptors (Lipinski definition) is 6. The minimum Gasteiger partial charge on any atom is -0.273 e. The fourth-order valence-corrected chi connectivity index (χ4v) is 4.43. The van der Waals surface area contributed by atoms with Gasteiger partial charge in [0.15, 0.2) is 6.10 Å². The summed E-state index contributed by atoms with van der Waals surface area (Å²) >= 11 is 0. The summed E-state index contributed by atoms with van der Waals surface area (Å²) in [5.74, 6) is -2.48. The quantitative estimate of drug-likeness (QED) is 0.340. The van der Waals surface area contributed by atoms with E-state index in [1.165, 1.54) is 36.4 Å². The SMILES string of the molecule is Cc1ccccc1N1OC2C(=O)N(c3cccc([N+](=O)[O-])c3)C(=O)C2C1c1ccc(F)cc1. The second-order valence-corrected chi connectivity index (χ2v) is 7.95. The van der Waals surface area contributed by atoms with Crippen LogP contribution in [-0.2, 0) is 14.4 Å². The monoisotopic (exact) mass is 447 g/mol. The Morgan fingerprint density at radius 3 is 2.39 bits per heavy atom. The van der Waals surface area contributed by atoms with E-state index in [0.717, 1.165) is 10.5 Å². The Kier molecular flexibility index (Phi) is 4.90. The van der Waals surface area contributed by atoms with Crippen molar-refractivity contribution in [1.29, 1.82) is 0 Å². The van der Waals surface area contributed by atoms with Gasteiger partial charge in [0.25, 0.3) is 11.6 Å². The number of nitro groups is 1. The average Bonchev–Trinajstić information content (AvgIpc) is 3.30. The van der Waals surface area contributed by atoms with Gasteiger partial charge in [-0.05, 0) is 42.3 Å². The summed E-state index contributed by atoms with van der Waals surface area (Å²) in [7, 11) is 0. The third-order valence-electron chi connectivity index (χ3n) is 5.98. The lowest BCUT2D eigenvalue weighted by atomic mass is 9.90. The summed E-state index contributed by atoms with van der Waals surface area (Å²) in [6.07, 6.45) is -1.12. The number of hydroxylamine groups is 1. The van der Waals surface area contributed by atoms with E-state index in [4.69, 9.17) is 4.84 Å². The molecule has 166 valence electrons. The van der Waals surface area contributed by atoms with E-state index in [-0.39, 0.29) is 11.4 Å². The molecule has 2 aliphatic heterocycles. The second-order valence-electron chi connectivity index (χ2n) is 7.95. The molecular weight excluding hydrogens is 429 g/mol. The maximum Gasteiger partial charge on any atom is 0.271 e. The van der Waals surface area contributed by atoms with E-state index in [1.54, 1.807) is 17.2 Å². The van der Waals surface area contributed by atoms with Crippen molar-refractivity contribution in [1.82, 2.24) is 0 Å². The van der Waals surface area contributed by atoms with Crippen LogP contribution < -0.4 is 9.96 Å². The van der Waals surface area contributed by atoms with E-state index < -0.39 is 40.6 Å². The molecular formula is C24H18FN3O5. The van der Waals surface area contributed by atoms with Gasteiger partial charge in [-0.15, -0.1) is 0 Å². The molecule has 2 fully saturated rings. The first kappa shape index (κ1) is 20.8. The topological polar surface area (TPSA) is 93.0 Å². The van der Waals surface area contributed by atoms with Crippen LogP contribution in [0.4, 0.5) is 21.5 Å². The van der Waals surface area contributed by atoms with E-state index in [1.807, 2.05) is 31.2 Å². The fraction of sp³-hybridized carbons (Fsp3) is 0.167. The lowest BCUT2D eigenvalue weighted by molar-refractivity contribution is -0.384. The Labute approximate surface area is 187 Å². The first-order chi connectivity index (χ1) is 15.9. The lowest BCUT2D eigenvalue weighted by Gasteiger charge is -2.29. The van der Waals surface area contributed by atoms with Crippen molar-refractivity contribution in [3.8, 4) is 0 Å². The molecule has 0 radical (unpaired) electrons. The molecule has 2 heterocycles. The number of non-ortho nitro benzene ring substituents is 1. The molecule has 0 saturated carbocycles. The van der Waals surface area contributed by atoms with Crippen LogP contribution in [0.5, 0.6) is 0 Å². The molecule has 9 heteroatoms. The van der Waals surface area contributed by atoms with Crippen molar-refractivity contribution in [3.05, 3.63) is 99.9 Å². The summed E-state index contributed by atoms with van der Waals surface area (Å²) in [6.45, 7) is 1.88. The molecule has 8 nitrogen and oxygen atoms in total. The zero-order chi connectivity index (χ0) is 23.3. The van der Waals surface area contributed by atoms with Crippen molar-refractivity contribution >= 4 is 28.9 Å². The highest BCUT2D eigenvalue weighted by atomic mass is 19.1. The number of nitro benzene ring substituents is 1. The molecule has 2 amide bonds. The van der Waals surface area contributed by atoms with Crippen molar-refractivity contribution in [3.63, 3.8) is 0 Å². The van der Waals surface area contributed by atoms with Crippen LogP contribution in [0.15, 0.2) is 72.8 Å². The van der Waals surface area contributed by atoms with Crippen LogP contribution in [0.1, 0.15) is 17.2 Å². The van der Waals surface area contributed by atoms with Crippen LogP contribution in [0, 0.1) is 28.8 Å². The molecule has 0 aromatic heterocycles. The third-order valence-corrected chi connectivity index (χ3v) is 5.98. The van der Waals surface area contributed by atoms with Crippen LogP contribution in [0.25, 0.3) is 0 Å². The number of amides is 2. The Bertz CT molecular complexity index is 1280. The highest BCUT2D eigenvalue weighted by Gasteiger charge is 2.60. The number of halogens is 1. The van der Waals surface area contributed by atoms with Gasteiger partial charge in [-0.1, -0.05) is 36.4 Å². The van der Waals surface area contributed by atoms with Gasteiger partial charge in [0, 0.05) is 12.1 Å². The Hall–Kier alpha value is -4.11. The largest absolute Gasteiger partial charge is 0.273 e. The predicted molar refractivity (Wildman–Crippen MR) is 117 cm³/mol. The Balaban J connectivity index is 1.59. The van der Waals surface area contributed by atoms with Gasteiger partial charge in [0.05, 0.1) is 22.3 Å². The summed E-state index contributed by atoms with van der Waals surface area (Å²) < 4.78 is 13.6. The van der Waals surface area contributed by atoms with Gasteiger partial charge in [-0.25, -0.2) is 14.4 Å². The summed E-state index contributed by atoms with van der Waals surface area (Å²) in [5, 5.41) is 12.7. The molecule has 0 N–H and O–H groups in total. The van der Waals surface area contributed by atoms with Crippen LogP contribution in [-0.4, -0.2) is 22.8 Å². The van der Waals surface area contributed by atoms with Crippen molar-refractivity contribution < 1.29 is 23.7 Å². The molecule has 2 saturated heterocycles. The minimum atomic E-state index is -1.12. The van der Waals surface area contributed by atoms with Crippen molar-refractivity contribution in [2.45, 2.75) is 19.1 Å². The molecule has 2 aliphatic rings. The zero-order valence-electron chi connectivity index (χ0n) is 17.4. The first-order valence-corrected chi connectivity index (χ1v) is 10.3. The second kappa shape index (κ2) is 7.79. The van der Waals surface area contributed by atoms with Gasteiger partial charge in [0.2, 0.25) is 5.91 Å². The maximum absolute atomic E-state index is 13.6. The lowest BCUT2D eigenvalue weighted by Crippen LogP contribution is -2.37. The fourth-order valence-electron chi connectivity index (χ4n) is 4.43. The average molecular weight is 447 g/mol. The van der Waals surface area contributed by atoms with Gasteiger partial charge >= 0.3 is 0 Å². The molecule has 5 rings (SSSR count). The standard InChI is InChI=1S/C24H18FN3O5/c1-14-5-2-3-8-19(14)27-21(15-9-11-16(25)12-10-15)20-22(33-27)24(30)26(23(20)29)17-6-4-7-18(13-17)28(31)32/h2-13,20-22H,1H3. The van der Waals surface area contributed by atoms with Gasteiger partial charge in [-0.3, -0.25) is 24.5 Å². The van der Waals surface area contributed by atoms with Crippen LogP contribution in [0.3, 0.4) is 0 Å². The molecule has 0 aliphatic carbocycles. The number of imide groups is 1. The number of benzene rings is 3. The van der Waals surface area contributed by atoms with Crippen LogP contribution in [0.2, 0.25) is 0 Å². The van der Waals surface area contributed by atoms with Crippen molar-refractivity contribution in [2.75, 3.05) is 9.96 Å². The predicted octanol–water partition coefficient (Wildman–Crippen LogP) is 4.09. The molecule has 3 aromatic carbocycles. The number of nitrogens with zero attached hydrogens (tertiary/aromatic N) is 3. The number of carbonyl (C=O) groups excluding carboxylic acids is 2. The molecule has 0 spiro atoms. The number of hydrogen-bond donors (Lipinski definition) is 0. The number of rotatable bonds is 4. The smallest absolute Gasteiger partial charge is 0.271 e. The van der Waals surface area contributed by atoms with E-state index in [2.05, 4.69) is 0 Å². The number of carbonyl (C=O) groups is 2. The number of fused-ring (bicyclic) bond motifs is 1. The Morgan fingerprint density at radius 2 is 1.70 bits per heavy atom. The molecule has 33 heavy (non-hydrogen) atoms. The normalized spacial score (nSPS) is 22.1. The highest BCUT2D eigenvalue weighted by Crippen LogP contribution is 2.48. The summed E-state index contributed by atoms with van der Waals surface area (Å²) in [4.78, 5) is 44.4. The van der Waals surface area contributed by atoms with Crippen LogP contribution >= 0.6 is 0 Å². The van der Waals surface area contributed by atoms with Gasteiger partial charge in [0.1, 0.15) is 11.7 Å². The van der Waals surface area contributed by atoms with E-state index in [0.29, 0.717) is 11.3 Å². The first-order valence-electron chi connectivity index (χ1n) is 10.3. The van der Waals surface area contributed by atoms with E-state index >= 15 is 0 Å². The molecule has 3 aromatic rings. The Morgan fingerprint density at radius 1 is 0.970 bits per heavy atom. The minimum absolute atomic E-state index is 0.109. The third kappa shape index (κ3) is 3.33. The highest BCUT2D eigenvalue weighted by molar-refractivity contribution is 6.24. The van der Waals surface area contributed by atoms with E-state index in [9.17, 15) is 24.1 Å². The number of para-hydroxylation sites is 1. The van der Waals surface area contributed by atoms with Crippen molar-refractivity contribution in [2.24, 2.45) is 5.92 Å². The maximum atomic E-state index is 13.6. The van der Waals surface area contributed by atoms with Gasteiger partial charge < -0.3 is 0 Å².